The van der Waals surface area contributed by atoms with Crippen molar-refractivity contribution in [1.82, 2.24) is 10.2 Å². The van der Waals surface area contributed by atoms with Gasteiger partial charge in [0.25, 0.3) is 11.8 Å². The average molecular weight is 795 g/mol. The SMILES string of the molecule is C[C@H](O[C@@H]1[C@@H](NC(=O)c2ccccc2)C(=O)N1C(C(=O)OC(c1ccccc1)c1ccccc1)=P(c1ccccc1)(c1ccccc1)c1ccccc1)C(=O)CCl. The molecule has 2 amide bonds. The summed E-state index contributed by atoms with van der Waals surface area (Å²) in [7, 11) is 0. The molecule has 1 heterocycles. The molecule has 0 spiro atoms. The second-order valence-corrected chi connectivity index (χ2v) is 17.0. The van der Waals surface area contributed by atoms with Crippen molar-refractivity contribution >= 4 is 63.4 Å². The van der Waals surface area contributed by atoms with Gasteiger partial charge in [-0.2, -0.15) is 0 Å². The molecular weight excluding hydrogens is 755 g/mol. The Labute approximate surface area is 337 Å². The second kappa shape index (κ2) is 17.8. The van der Waals surface area contributed by atoms with Crippen LogP contribution in [0, 0.1) is 0 Å². The van der Waals surface area contributed by atoms with Crippen LogP contribution in [0.3, 0.4) is 0 Å². The van der Waals surface area contributed by atoms with Gasteiger partial charge in [0.1, 0.15) is 11.5 Å². The van der Waals surface area contributed by atoms with Gasteiger partial charge in [0.05, 0.1) is 5.88 Å². The van der Waals surface area contributed by atoms with E-state index < -0.39 is 54.9 Å². The zero-order valence-electron chi connectivity index (χ0n) is 31.1. The maximum Gasteiger partial charge on any atom is 0.357 e. The number of nitrogens with zero attached hydrogens (tertiary/aromatic N) is 1. The standard InChI is InChI=1S/C47H40ClN2O6P/c1-33(40(51)32-48)55-45-41(49-43(52)36-24-12-4-13-25-36)44(53)50(45)46(47(54)56-42(34-20-8-2-9-21-34)35-22-10-3-11-23-35)57(37-26-14-5-15-27-37,38-28-16-6-17-29-38)39-30-18-7-19-31-39/h2-31,33,41-42,45H,32H2,1H3,(H,49,52)/t33-,41-,45+/m0/s1. The molecule has 0 aromatic heterocycles. The Bertz CT molecular complexity index is 2240. The minimum Gasteiger partial charge on any atom is -0.448 e. The Morgan fingerprint density at radius 3 is 1.47 bits per heavy atom. The number of halogens is 1. The molecule has 1 saturated heterocycles. The van der Waals surface area contributed by atoms with Crippen LogP contribution in [-0.2, 0) is 23.9 Å². The number of esters is 1. The lowest BCUT2D eigenvalue weighted by molar-refractivity contribution is -0.180. The van der Waals surface area contributed by atoms with E-state index in [0.29, 0.717) is 5.56 Å². The van der Waals surface area contributed by atoms with Gasteiger partial charge in [-0.1, -0.05) is 170 Å². The van der Waals surface area contributed by atoms with Crippen LogP contribution < -0.4 is 21.2 Å². The number of hydrogen-bond donors (Lipinski definition) is 1. The smallest absolute Gasteiger partial charge is 0.357 e. The first kappa shape index (κ1) is 39.2. The zero-order valence-corrected chi connectivity index (χ0v) is 32.7. The van der Waals surface area contributed by atoms with Gasteiger partial charge < -0.3 is 14.8 Å². The summed E-state index contributed by atoms with van der Waals surface area (Å²) in [5.74, 6) is -2.68. The predicted octanol–water partition coefficient (Wildman–Crippen LogP) is 6.62. The first-order valence-corrected chi connectivity index (χ1v) is 20.8. The first-order chi connectivity index (χ1) is 27.8. The highest BCUT2D eigenvalue weighted by molar-refractivity contribution is 7.96. The number of nitrogens with one attached hydrogen (secondary N) is 1. The summed E-state index contributed by atoms with van der Waals surface area (Å²) in [6.07, 6.45) is -3.28. The van der Waals surface area contributed by atoms with Gasteiger partial charge >= 0.3 is 5.97 Å². The second-order valence-electron chi connectivity index (χ2n) is 13.4. The molecule has 1 aliphatic rings. The molecule has 1 N–H and O–H groups in total. The van der Waals surface area contributed by atoms with Gasteiger partial charge in [-0.05, 0) is 46.1 Å². The van der Waals surface area contributed by atoms with E-state index >= 15 is 4.79 Å². The number of rotatable bonds is 14. The highest BCUT2D eigenvalue weighted by Gasteiger charge is 2.56. The van der Waals surface area contributed by atoms with Crippen molar-refractivity contribution in [3.63, 3.8) is 0 Å². The van der Waals surface area contributed by atoms with Crippen molar-refractivity contribution in [1.29, 1.82) is 0 Å². The number of hydrogen-bond acceptors (Lipinski definition) is 6. The Morgan fingerprint density at radius 1 is 0.649 bits per heavy atom. The number of carbonyl (C=O) groups is 4. The largest absolute Gasteiger partial charge is 0.448 e. The quantitative estimate of drug-likeness (QED) is 0.0576. The minimum atomic E-state index is -3.40. The molecule has 10 heteroatoms. The molecule has 7 rings (SSSR count). The summed E-state index contributed by atoms with van der Waals surface area (Å²) in [5.41, 5.74) is 1.78. The lowest BCUT2D eigenvalue weighted by Crippen LogP contribution is -2.75. The predicted molar refractivity (Wildman–Crippen MR) is 226 cm³/mol. The molecule has 6 aromatic rings. The lowest BCUT2D eigenvalue weighted by atomic mass is 10.0. The van der Waals surface area contributed by atoms with E-state index in [2.05, 4.69) is 5.32 Å². The van der Waals surface area contributed by atoms with E-state index in [0.717, 1.165) is 27.0 Å². The van der Waals surface area contributed by atoms with Crippen LogP contribution >= 0.6 is 18.5 Å². The van der Waals surface area contributed by atoms with Gasteiger partial charge in [-0.25, -0.2) is 4.79 Å². The van der Waals surface area contributed by atoms with Crippen LogP contribution in [0.2, 0.25) is 0 Å². The fourth-order valence-corrected chi connectivity index (χ4v) is 11.6. The van der Waals surface area contributed by atoms with E-state index in [9.17, 15) is 14.4 Å². The Balaban J connectivity index is 1.52. The maximum absolute atomic E-state index is 15.8. The van der Waals surface area contributed by atoms with Crippen molar-refractivity contribution < 1.29 is 28.7 Å². The average Bonchev–Trinajstić information content (AvgIpc) is 3.28. The molecule has 0 radical (unpaired) electrons. The molecule has 0 aliphatic carbocycles. The monoisotopic (exact) mass is 794 g/mol. The number of likely N-dealkylation sites (tertiary alicyclic amines) is 1. The number of carbonyl (C=O) groups excluding carboxylic acids is 4. The molecule has 286 valence electrons. The number of Topliss-reactive ketones (excluding diaryl/α,β-unsaturated/α-hetero) is 1. The lowest BCUT2D eigenvalue weighted by Gasteiger charge is -2.49. The minimum absolute atomic E-state index is 0.0219. The molecule has 57 heavy (non-hydrogen) atoms. The zero-order chi connectivity index (χ0) is 39.8. The van der Waals surface area contributed by atoms with Crippen molar-refractivity contribution in [3.05, 3.63) is 199 Å². The molecule has 8 nitrogen and oxygen atoms in total. The van der Waals surface area contributed by atoms with Crippen LogP contribution in [0.25, 0.3) is 0 Å². The number of amides is 2. The molecule has 3 atom stereocenters. The fourth-order valence-electron chi connectivity index (χ4n) is 7.08. The molecular formula is C47H40ClN2O6P. The Hall–Kier alpha value is -6.05. The fraction of sp³-hybridized carbons (Fsp3) is 0.128. The summed E-state index contributed by atoms with van der Waals surface area (Å²) in [6, 6.07) is 54.7. The van der Waals surface area contributed by atoms with Crippen LogP contribution in [0.1, 0.15) is 34.5 Å². The number of β-lactam (4-membered cyclic amide) rings is 1. The highest BCUT2D eigenvalue weighted by atomic mass is 35.5. The summed E-state index contributed by atoms with van der Waals surface area (Å²) in [4.78, 5) is 58.7. The summed E-state index contributed by atoms with van der Waals surface area (Å²) < 4.78 is 13.1. The molecule has 0 saturated carbocycles. The third-order valence-electron chi connectivity index (χ3n) is 9.88. The van der Waals surface area contributed by atoms with Gasteiger partial charge in [-0.3, -0.25) is 19.3 Å². The van der Waals surface area contributed by atoms with Crippen LogP contribution in [-0.4, -0.2) is 58.1 Å². The summed E-state index contributed by atoms with van der Waals surface area (Å²) >= 11 is 6.00. The van der Waals surface area contributed by atoms with Crippen molar-refractivity contribution in [2.45, 2.75) is 31.4 Å². The molecule has 0 bridgehead atoms. The molecule has 1 aliphatic heterocycles. The van der Waals surface area contributed by atoms with E-state index in [1.807, 2.05) is 152 Å². The van der Waals surface area contributed by atoms with Crippen LogP contribution in [0.15, 0.2) is 182 Å². The van der Waals surface area contributed by atoms with Crippen LogP contribution in [0.4, 0.5) is 0 Å². The van der Waals surface area contributed by atoms with Gasteiger partial charge in [0, 0.05) is 12.4 Å². The van der Waals surface area contributed by atoms with E-state index in [1.54, 1.807) is 30.3 Å². The number of benzene rings is 6. The van der Waals surface area contributed by atoms with Crippen molar-refractivity contribution in [2.24, 2.45) is 0 Å². The van der Waals surface area contributed by atoms with E-state index in [-0.39, 0.29) is 11.3 Å². The number of ketones is 1. The highest BCUT2D eigenvalue weighted by Crippen LogP contribution is 2.49. The molecule has 0 unspecified atom stereocenters. The summed E-state index contributed by atoms with van der Waals surface area (Å²) in [5, 5.41) is 5.12. The van der Waals surface area contributed by atoms with Gasteiger partial charge in [0.15, 0.2) is 24.2 Å². The maximum atomic E-state index is 15.8. The molecule has 6 aromatic carbocycles. The van der Waals surface area contributed by atoms with E-state index in [4.69, 9.17) is 21.1 Å². The third kappa shape index (κ3) is 7.98. The molecule has 1 fully saturated rings. The number of alkyl halides is 1. The Kier molecular flexibility index (Phi) is 12.3. The normalized spacial score (nSPS) is 15.6. The summed E-state index contributed by atoms with van der Waals surface area (Å²) in [6.45, 7) is -1.87. The van der Waals surface area contributed by atoms with Crippen molar-refractivity contribution in [2.75, 3.05) is 5.88 Å². The third-order valence-corrected chi connectivity index (χ3v) is 14.4. The van der Waals surface area contributed by atoms with E-state index in [1.165, 1.54) is 11.8 Å². The van der Waals surface area contributed by atoms with Crippen molar-refractivity contribution in [3.8, 4) is 0 Å². The Morgan fingerprint density at radius 2 is 1.05 bits per heavy atom. The van der Waals surface area contributed by atoms with Gasteiger partial charge in [-0.15, -0.1) is 11.6 Å². The first-order valence-electron chi connectivity index (χ1n) is 18.5. The van der Waals surface area contributed by atoms with Crippen LogP contribution in [0.5, 0.6) is 0 Å². The topological polar surface area (TPSA) is 102 Å². The van der Waals surface area contributed by atoms with Gasteiger partial charge in [0.2, 0.25) is 0 Å². The number of ether oxygens (including phenoxy) is 2.